The number of rotatable bonds is 3. The lowest BCUT2D eigenvalue weighted by molar-refractivity contribution is 0.198. The molecule has 138 valence electrons. The minimum atomic E-state index is -0.339. The summed E-state index contributed by atoms with van der Waals surface area (Å²) in [6.07, 6.45) is 2.09. The highest BCUT2D eigenvalue weighted by atomic mass is 16.3. The first-order valence-corrected chi connectivity index (χ1v) is 8.71. The van der Waals surface area contributed by atoms with E-state index in [-0.39, 0.29) is 11.5 Å². The van der Waals surface area contributed by atoms with Crippen LogP contribution in [-0.2, 0) is 19.0 Å². The molecule has 1 aliphatic rings. The molecule has 1 N–H and O–H groups in total. The predicted molar refractivity (Wildman–Crippen MR) is 94.8 cm³/mol. The molecule has 3 aromatic rings. The van der Waals surface area contributed by atoms with Gasteiger partial charge in [-0.25, -0.2) is 14.6 Å². The fraction of sp³-hybridized carbons (Fsp3) is 0.625. The van der Waals surface area contributed by atoms with Crippen LogP contribution in [0.3, 0.4) is 0 Å². The van der Waals surface area contributed by atoms with Gasteiger partial charge < -0.3 is 10.0 Å². The first-order chi connectivity index (χ1) is 12.3. The topological polar surface area (TPSA) is 111 Å². The predicted octanol–water partition coefficient (Wildman–Crippen LogP) is 0.267. The van der Waals surface area contributed by atoms with Gasteiger partial charge in [0.05, 0.1) is 24.5 Å². The van der Waals surface area contributed by atoms with Gasteiger partial charge in [0.25, 0.3) is 0 Å². The molecular formula is C16H23N9O. The van der Waals surface area contributed by atoms with E-state index in [4.69, 9.17) is 9.97 Å². The van der Waals surface area contributed by atoms with E-state index >= 15 is 0 Å². The highest BCUT2D eigenvalue weighted by Gasteiger charge is 2.28. The van der Waals surface area contributed by atoms with E-state index in [1.807, 2.05) is 7.05 Å². The van der Waals surface area contributed by atoms with Crippen LogP contribution in [0.25, 0.3) is 11.2 Å². The third-order valence-corrected chi connectivity index (χ3v) is 4.60. The summed E-state index contributed by atoms with van der Waals surface area (Å²) in [6.45, 7) is 8.01. The van der Waals surface area contributed by atoms with Gasteiger partial charge in [-0.1, -0.05) is 31.2 Å². The molecule has 4 heterocycles. The van der Waals surface area contributed by atoms with Gasteiger partial charge in [0.1, 0.15) is 5.82 Å². The third-order valence-electron chi connectivity index (χ3n) is 4.60. The normalized spacial score (nSPS) is 18.2. The molecule has 1 atom stereocenters. The summed E-state index contributed by atoms with van der Waals surface area (Å²) >= 11 is 0. The van der Waals surface area contributed by atoms with Crippen molar-refractivity contribution < 1.29 is 5.11 Å². The minimum Gasteiger partial charge on any atom is -0.391 e. The molecule has 0 aromatic carbocycles. The van der Waals surface area contributed by atoms with Crippen LogP contribution in [0.15, 0.2) is 6.20 Å². The molecule has 1 aliphatic heterocycles. The average molecular weight is 357 g/mol. The smallest absolute Gasteiger partial charge is 0.184 e. The largest absolute Gasteiger partial charge is 0.391 e. The summed E-state index contributed by atoms with van der Waals surface area (Å²) in [7, 11) is 1.84. The van der Waals surface area contributed by atoms with Crippen molar-refractivity contribution in [2.24, 2.45) is 7.05 Å². The highest BCUT2D eigenvalue weighted by molar-refractivity contribution is 5.83. The second kappa shape index (κ2) is 5.97. The van der Waals surface area contributed by atoms with Crippen LogP contribution in [0.1, 0.15) is 38.7 Å². The zero-order chi connectivity index (χ0) is 18.5. The fourth-order valence-electron chi connectivity index (χ4n) is 3.05. The van der Waals surface area contributed by atoms with Crippen LogP contribution in [0.4, 0.5) is 5.82 Å². The molecule has 0 unspecified atom stereocenters. The Labute approximate surface area is 150 Å². The fourth-order valence-corrected chi connectivity index (χ4v) is 3.05. The van der Waals surface area contributed by atoms with Crippen LogP contribution in [0.2, 0.25) is 0 Å². The molecule has 26 heavy (non-hydrogen) atoms. The summed E-state index contributed by atoms with van der Waals surface area (Å²) in [4.78, 5) is 11.6. The standard InChI is InChI=1S/C16H23N9O/c1-16(2,3)15-18-13(24-6-5-11(26)9-24)12-14(19-15)25(22-20-12)8-10-7-17-21-23(10)4/h7,11,26H,5-6,8-9H2,1-4H3/t11-/m0/s1. The van der Waals surface area contributed by atoms with Crippen LogP contribution < -0.4 is 4.90 Å². The number of anilines is 1. The molecule has 0 saturated carbocycles. The molecule has 1 saturated heterocycles. The SMILES string of the molecule is Cn1nncc1Cn1nnc2c(N3CC[C@H](O)C3)nc(C(C)(C)C)nc21. The van der Waals surface area contributed by atoms with Crippen LogP contribution in [-0.4, -0.2) is 64.3 Å². The number of aryl methyl sites for hydroxylation is 1. The van der Waals surface area contributed by atoms with Crippen molar-refractivity contribution in [1.82, 2.24) is 40.0 Å². The first-order valence-electron chi connectivity index (χ1n) is 8.71. The van der Waals surface area contributed by atoms with E-state index in [0.717, 1.165) is 30.3 Å². The van der Waals surface area contributed by atoms with E-state index < -0.39 is 0 Å². The lowest BCUT2D eigenvalue weighted by Crippen LogP contribution is -2.25. The quantitative estimate of drug-likeness (QED) is 0.711. The van der Waals surface area contributed by atoms with Gasteiger partial charge in [0.15, 0.2) is 17.0 Å². The first kappa shape index (κ1) is 16.8. The Kier molecular flexibility index (Phi) is 3.87. The monoisotopic (exact) mass is 357 g/mol. The summed E-state index contributed by atoms with van der Waals surface area (Å²) in [5.74, 6) is 1.47. The zero-order valence-corrected chi connectivity index (χ0v) is 15.5. The minimum absolute atomic E-state index is 0.218. The summed E-state index contributed by atoms with van der Waals surface area (Å²) < 4.78 is 3.46. The van der Waals surface area contributed by atoms with Gasteiger partial charge in [-0.3, -0.25) is 4.68 Å². The Hall–Kier alpha value is -2.62. The Morgan fingerprint density at radius 3 is 2.65 bits per heavy atom. The number of fused-ring (bicyclic) bond motifs is 1. The summed E-state index contributed by atoms with van der Waals surface area (Å²) in [6, 6.07) is 0. The number of aliphatic hydroxyl groups excluding tert-OH is 1. The van der Waals surface area contributed by atoms with Gasteiger partial charge in [-0.15, -0.1) is 10.2 Å². The zero-order valence-electron chi connectivity index (χ0n) is 15.5. The summed E-state index contributed by atoms with van der Waals surface area (Å²) in [5, 5.41) is 26.4. The molecule has 0 spiro atoms. The van der Waals surface area contributed by atoms with Crippen LogP contribution in [0, 0.1) is 0 Å². The van der Waals surface area contributed by atoms with Crippen molar-refractivity contribution in [3.63, 3.8) is 0 Å². The van der Waals surface area contributed by atoms with E-state index in [9.17, 15) is 5.11 Å². The molecule has 3 aromatic heterocycles. The molecular weight excluding hydrogens is 334 g/mol. The van der Waals surface area contributed by atoms with Gasteiger partial charge in [0, 0.05) is 25.6 Å². The number of nitrogens with zero attached hydrogens (tertiary/aromatic N) is 9. The Balaban J connectivity index is 1.84. The average Bonchev–Trinajstić information content (AvgIpc) is 3.28. The van der Waals surface area contributed by atoms with Crippen molar-refractivity contribution in [1.29, 1.82) is 0 Å². The van der Waals surface area contributed by atoms with Gasteiger partial charge in [-0.05, 0) is 6.42 Å². The van der Waals surface area contributed by atoms with Crippen molar-refractivity contribution in [2.75, 3.05) is 18.0 Å². The second-order valence-corrected chi connectivity index (χ2v) is 7.78. The van der Waals surface area contributed by atoms with Gasteiger partial charge in [0.2, 0.25) is 0 Å². The highest BCUT2D eigenvalue weighted by Crippen LogP contribution is 2.29. The maximum Gasteiger partial charge on any atom is 0.184 e. The van der Waals surface area contributed by atoms with Crippen molar-refractivity contribution in [3.05, 3.63) is 17.7 Å². The van der Waals surface area contributed by atoms with Crippen molar-refractivity contribution in [3.8, 4) is 0 Å². The molecule has 0 aliphatic carbocycles. The van der Waals surface area contributed by atoms with E-state index in [2.05, 4.69) is 46.3 Å². The molecule has 0 amide bonds. The molecule has 0 radical (unpaired) electrons. The number of aromatic nitrogens is 8. The van der Waals surface area contributed by atoms with Gasteiger partial charge in [-0.2, -0.15) is 0 Å². The number of hydrogen-bond acceptors (Lipinski definition) is 8. The Bertz CT molecular complexity index is 939. The van der Waals surface area contributed by atoms with Crippen LogP contribution >= 0.6 is 0 Å². The van der Waals surface area contributed by atoms with E-state index in [1.54, 1.807) is 15.6 Å². The number of aliphatic hydroxyl groups is 1. The molecule has 10 nitrogen and oxygen atoms in total. The molecule has 0 bridgehead atoms. The van der Waals surface area contributed by atoms with Crippen LogP contribution in [0.5, 0.6) is 0 Å². The lowest BCUT2D eigenvalue weighted by Gasteiger charge is -2.21. The molecule has 4 rings (SSSR count). The maximum atomic E-state index is 9.93. The van der Waals surface area contributed by atoms with E-state index in [1.165, 1.54) is 0 Å². The number of β-amino-alcohol motifs (C(OH)–C–C–N with tert-alkyl or cyclic N) is 1. The Morgan fingerprint density at radius 2 is 2.04 bits per heavy atom. The maximum absolute atomic E-state index is 9.93. The molecule has 1 fully saturated rings. The summed E-state index contributed by atoms with van der Waals surface area (Å²) in [5.41, 5.74) is 2.03. The third kappa shape index (κ3) is 2.90. The van der Waals surface area contributed by atoms with Crippen molar-refractivity contribution in [2.45, 2.75) is 45.3 Å². The number of hydrogen-bond donors (Lipinski definition) is 1. The van der Waals surface area contributed by atoms with Crippen molar-refractivity contribution >= 4 is 17.0 Å². The van der Waals surface area contributed by atoms with E-state index in [0.29, 0.717) is 24.3 Å². The second-order valence-electron chi connectivity index (χ2n) is 7.78. The van der Waals surface area contributed by atoms with Gasteiger partial charge >= 0.3 is 0 Å². The molecule has 10 heteroatoms. The Morgan fingerprint density at radius 1 is 1.23 bits per heavy atom. The lowest BCUT2D eigenvalue weighted by atomic mass is 9.96.